The van der Waals surface area contributed by atoms with Crippen LogP contribution in [0.25, 0.3) is 32.7 Å². The molecule has 17 nitrogen and oxygen atoms in total. The normalized spacial score (nSPS) is 22.5. The number of H-pyrrole nitrogens is 2. The highest BCUT2D eigenvalue weighted by Gasteiger charge is 2.53. The number of hydrogen-bond acceptors (Lipinski definition) is 13. The molecule has 3 N–H and O–H groups in total. The zero-order valence-electron chi connectivity index (χ0n) is 41.2. The van der Waals surface area contributed by atoms with Gasteiger partial charge in [0.25, 0.3) is 11.1 Å². The summed E-state index contributed by atoms with van der Waals surface area (Å²) in [4.78, 5) is 75.1. The molecule has 3 aromatic heterocycles. The number of nitrogens with one attached hydrogen (secondary N) is 3. The number of aromatic nitrogens is 6. The maximum absolute atomic E-state index is 13.6. The van der Waals surface area contributed by atoms with Crippen LogP contribution in [0, 0.1) is 11.7 Å². The molecule has 7 atom stereocenters. The molecular formula is C49H47Br3Cl6FN9O8. The molecule has 1 unspecified atom stereocenters. The molecule has 4 bridgehead atoms. The topological polar surface area (TPSA) is 207 Å². The standard InChI is InChI=1S/C21H22BrCl2N3O3.C20H23BrCl2N4O4.C8H2BrCl2FN2O/c1-21(2,3)30-20(28)27-9-4-5-14(27)11-8-29-18-15-13(7-12(22)16(18)23)25-19(24)26-17(15)10(11)6-9;1-20(2,3)31-19(29)27-9-4-5-13(27)12(24-7-9)8-30-16-14-11(6-10(21)15(16)22)25-18(23)26-17(14)28;9-2-1-3-4(6(12)5(2)10)7(15)14-8(11)13-3/h7,9-11,14H,4-6,8H2,1-3H3;6,9,12-13,24H,4-5,7-8H2,1-3H3,(H,25,26,28);1H,(H,13,14,15)/t9-,10?,11+,14+;9-,12-,13+;/m11./s1. The smallest absolute Gasteiger partial charge is 0.410 e. The quantitative estimate of drug-likeness (QED) is 0.111. The van der Waals surface area contributed by atoms with Crippen LogP contribution in [-0.4, -0.2) is 113 Å². The molecule has 2 amide bonds. The van der Waals surface area contributed by atoms with Crippen LogP contribution >= 0.6 is 117 Å². The zero-order valence-corrected chi connectivity index (χ0v) is 50.5. The van der Waals surface area contributed by atoms with E-state index >= 15 is 0 Å². The van der Waals surface area contributed by atoms with Crippen LogP contribution in [-0.2, 0) is 9.47 Å². The number of fused-ring (bicyclic) bond motifs is 9. The van der Waals surface area contributed by atoms with E-state index in [9.17, 15) is 23.6 Å². The van der Waals surface area contributed by atoms with Gasteiger partial charge in [0.15, 0.2) is 11.6 Å². The largest absolute Gasteiger partial charge is 0.491 e. The Kier molecular flexibility index (Phi) is 16.7. The predicted octanol–water partition coefficient (Wildman–Crippen LogP) is 13.2. The molecule has 4 fully saturated rings. The van der Waals surface area contributed by atoms with Crippen molar-refractivity contribution < 1.29 is 32.9 Å². The average molecular weight is 1360 g/mol. The highest BCUT2D eigenvalue weighted by atomic mass is 79.9. The molecule has 8 heterocycles. The minimum Gasteiger partial charge on any atom is -0.491 e. The van der Waals surface area contributed by atoms with E-state index in [0.29, 0.717) is 48.4 Å². The summed E-state index contributed by atoms with van der Waals surface area (Å²) in [5.41, 5.74) is -0.0904. The number of carbonyl (C=O) groups is 2. The van der Waals surface area contributed by atoms with E-state index in [1.54, 1.807) is 6.07 Å². The van der Waals surface area contributed by atoms with Gasteiger partial charge in [-0.25, -0.2) is 33.9 Å². The Hall–Kier alpha value is -3.51. The number of nitrogens with zero attached hydrogens (tertiary/aromatic N) is 6. The molecular weight excluding hydrogens is 1310 g/mol. The van der Waals surface area contributed by atoms with Gasteiger partial charge in [-0.05, 0) is 174 Å². The van der Waals surface area contributed by atoms with Crippen molar-refractivity contribution in [3.05, 3.63) is 94.8 Å². The molecule has 4 saturated heterocycles. The van der Waals surface area contributed by atoms with Crippen LogP contribution in [0.4, 0.5) is 14.0 Å². The fraction of sp³-hybridized carbons (Fsp3) is 0.469. The highest BCUT2D eigenvalue weighted by Crippen LogP contribution is 2.53. The first kappa shape index (κ1) is 57.2. The van der Waals surface area contributed by atoms with Crippen molar-refractivity contribution in [2.45, 2.75) is 121 Å². The second kappa shape index (κ2) is 22.2. The fourth-order valence-electron chi connectivity index (χ4n) is 10.6. The fourth-order valence-corrected chi connectivity index (χ4v) is 12.9. The summed E-state index contributed by atoms with van der Waals surface area (Å²) in [6.07, 6.45) is 3.84. The molecule has 3 aromatic carbocycles. The number of hydrogen-bond donors (Lipinski definition) is 3. The summed E-state index contributed by atoms with van der Waals surface area (Å²) < 4.78 is 38.8. The Morgan fingerprint density at radius 2 is 1.24 bits per heavy atom. The van der Waals surface area contributed by atoms with Gasteiger partial charge >= 0.3 is 12.2 Å². The summed E-state index contributed by atoms with van der Waals surface area (Å²) in [6.45, 7) is 12.5. The van der Waals surface area contributed by atoms with Gasteiger partial charge in [-0.1, -0.05) is 34.8 Å². The number of piperidine rings is 1. The molecule has 6 aromatic rings. The van der Waals surface area contributed by atoms with Crippen LogP contribution in [0.3, 0.4) is 0 Å². The van der Waals surface area contributed by atoms with Crippen molar-refractivity contribution in [3.8, 4) is 11.5 Å². The zero-order chi connectivity index (χ0) is 55.0. The van der Waals surface area contributed by atoms with Gasteiger partial charge in [-0.15, -0.1) is 0 Å². The van der Waals surface area contributed by atoms with Crippen LogP contribution < -0.4 is 25.9 Å². The molecule has 27 heteroatoms. The van der Waals surface area contributed by atoms with E-state index in [1.807, 2.05) is 57.4 Å². The minimum absolute atomic E-state index is 0.0170. The Morgan fingerprint density at radius 1 is 0.711 bits per heavy atom. The summed E-state index contributed by atoms with van der Waals surface area (Å²) >= 11 is 46.3. The minimum atomic E-state index is -0.813. The Labute approximate surface area is 489 Å². The maximum atomic E-state index is 13.6. The van der Waals surface area contributed by atoms with E-state index in [2.05, 4.69) is 83.0 Å². The Bertz CT molecular complexity index is 3460. The summed E-state index contributed by atoms with van der Waals surface area (Å²) in [6, 6.07) is 4.93. The highest BCUT2D eigenvalue weighted by molar-refractivity contribution is 9.11. The van der Waals surface area contributed by atoms with Crippen LogP contribution in [0.2, 0.25) is 30.9 Å². The van der Waals surface area contributed by atoms with Crippen molar-refractivity contribution in [2.24, 2.45) is 5.92 Å². The van der Waals surface area contributed by atoms with E-state index in [0.717, 1.165) is 43.2 Å². The first-order valence-electron chi connectivity index (χ1n) is 23.9. The van der Waals surface area contributed by atoms with E-state index < -0.39 is 28.1 Å². The van der Waals surface area contributed by atoms with Gasteiger partial charge in [0.1, 0.15) is 34.3 Å². The van der Waals surface area contributed by atoms with Gasteiger partial charge in [0.05, 0.1) is 61.4 Å². The number of rotatable bonds is 3. The molecule has 0 saturated carbocycles. The van der Waals surface area contributed by atoms with Crippen molar-refractivity contribution in [3.63, 3.8) is 0 Å². The lowest BCUT2D eigenvalue weighted by Crippen LogP contribution is -2.61. The summed E-state index contributed by atoms with van der Waals surface area (Å²) in [7, 11) is 0. The van der Waals surface area contributed by atoms with Crippen molar-refractivity contribution in [1.29, 1.82) is 0 Å². The van der Waals surface area contributed by atoms with E-state index in [-0.39, 0.29) is 109 Å². The molecule has 11 rings (SSSR count). The van der Waals surface area contributed by atoms with E-state index in [1.165, 1.54) is 6.07 Å². The third-order valence-corrected chi connectivity index (χ3v) is 17.8. The van der Waals surface area contributed by atoms with E-state index in [4.69, 9.17) is 88.6 Å². The molecule has 76 heavy (non-hydrogen) atoms. The second-order valence-corrected chi connectivity index (χ2v) is 25.5. The number of carbonyl (C=O) groups excluding carboxylic acids is 2. The number of piperazine rings is 1. The van der Waals surface area contributed by atoms with Gasteiger partial charge in [0.2, 0.25) is 15.9 Å². The first-order valence-corrected chi connectivity index (χ1v) is 28.5. The SMILES string of the molecule is CC(C)(C)OC(=O)N1[C@@H]2CC[C@H]1[C@@H](COc1c(Cl)c(Br)cc3nc(Cl)[nH]c(=O)c13)NC2.CC(C)(C)OC(=O)N1[C@@H]2CC[C@H]1[C@H]1COc3c(Cl)c(Br)cc4nc(Cl)nc(c34)C1C2.O=c1[nH]c(Cl)nc2cc(Br)c(Cl)c(F)c12. The number of halogens is 10. The van der Waals surface area contributed by atoms with Gasteiger partial charge in [-0.2, -0.15) is 0 Å². The number of amides is 2. The van der Waals surface area contributed by atoms with Crippen LogP contribution in [0.1, 0.15) is 85.3 Å². The maximum Gasteiger partial charge on any atom is 0.410 e. The van der Waals surface area contributed by atoms with Crippen LogP contribution in [0.5, 0.6) is 11.5 Å². The first-order chi connectivity index (χ1) is 35.7. The average Bonchev–Trinajstić information content (AvgIpc) is 3.79. The molecule has 0 aliphatic carbocycles. The third kappa shape index (κ3) is 11.6. The van der Waals surface area contributed by atoms with Crippen LogP contribution in [0.15, 0.2) is 41.2 Å². The molecule has 0 spiro atoms. The van der Waals surface area contributed by atoms with Gasteiger partial charge < -0.3 is 29.2 Å². The molecule has 406 valence electrons. The molecule has 0 radical (unpaired) electrons. The third-order valence-electron chi connectivity index (χ3n) is 13.6. The van der Waals surface area contributed by atoms with Gasteiger partial charge in [0, 0.05) is 49.9 Å². The lowest BCUT2D eigenvalue weighted by Gasteiger charge is -2.43. The van der Waals surface area contributed by atoms with Gasteiger partial charge in [-0.3, -0.25) is 24.5 Å². The number of benzene rings is 3. The number of aromatic amines is 2. The summed E-state index contributed by atoms with van der Waals surface area (Å²) in [5.74, 6) is 0.186. The molecule has 5 aliphatic heterocycles. The Morgan fingerprint density at radius 3 is 1.86 bits per heavy atom. The molecule has 5 aliphatic rings. The lowest BCUT2D eigenvalue weighted by molar-refractivity contribution is -0.0103. The van der Waals surface area contributed by atoms with Crippen molar-refractivity contribution in [1.82, 2.24) is 45.0 Å². The summed E-state index contributed by atoms with van der Waals surface area (Å²) in [5, 5.41) is 5.01. The van der Waals surface area contributed by atoms with Crippen molar-refractivity contribution in [2.75, 3.05) is 19.8 Å². The second-order valence-electron chi connectivity index (χ2n) is 20.8. The lowest BCUT2D eigenvalue weighted by atomic mass is 9.78. The monoisotopic (exact) mass is 1350 g/mol. The Balaban J connectivity index is 0.000000148. The van der Waals surface area contributed by atoms with Crippen molar-refractivity contribution >= 4 is 162 Å². The number of ether oxygens (including phenoxy) is 4. The predicted molar refractivity (Wildman–Crippen MR) is 301 cm³/mol.